The van der Waals surface area contributed by atoms with Gasteiger partial charge in [0.25, 0.3) is 11.4 Å². The van der Waals surface area contributed by atoms with Gasteiger partial charge in [0.2, 0.25) is 5.82 Å². The number of pyridine rings is 2. The Labute approximate surface area is 192 Å². The number of carboxylic acid groups (broad SMARTS) is 1. The molecule has 1 saturated heterocycles. The molecule has 0 spiro atoms. The number of likely N-dealkylation sites (N-methyl/N-ethyl adjacent to an activating group) is 1. The minimum Gasteiger partial charge on any atom is -0.475 e. The Morgan fingerprint density at radius 3 is 2.35 bits per heavy atom. The van der Waals surface area contributed by atoms with Gasteiger partial charge in [-0.05, 0) is 32.2 Å². The van der Waals surface area contributed by atoms with Crippen molar-refractivity contribution in [2.45, 2.75) is 13.1 Å². The zero-order valence-electron chi connectivity index (χ0n) is 18.7. The molecule has 0 bridgehead atoms. The van der Waals surface area contributed by atoms with E-state index in [0.717, 1.165) is 43.1 Å². The number of hydrogen-bond donors (Lipinski definition) is 1. The van der Waals surface area contributed by atoms with Crippen molar-refractivity contribution < 1.29 is 27.6 Å². The molecule has 0 atom stereocenters. The van der Waals surface area contributed by atoms with E-state index < -0.39 is 12.1 Å². The van der Waals surface area contributed by atoms with E-state index in [1.54, 1.807) is 32.4 Å². The van der Waals surface area contributed by atoms with Crippen LogP contribution in [0.4, 0.5) is 19.0 Å². The van der Waals surface area contributed by atoms with Crippen LogP contribution >= 0.6 is 0 Å². The number of aromatic nitrogens is 4. The van der Waals surface area contributed by atoms with Crippen LogP contribution in [0.25, 0.3) is 22.8 Å². The lowest BCUT2D eigenvalue weighted by Crippen LogP contribution is -2.44. The molecule has 4 rings (SSSR count). The third-order valence-electron chi connectivity index (χ3n) is 5.11. The number of halogens is 3. The predicted molar refractivity (Wildman–Crippen MR) is 116 cm³/mol. The van der Waals surface area contributed by atoms with Gasteiger partial charge in [0.1, 0.15) is 5.82 Å². The number of hydrogen-bond acceptors (Lipinski definition) is 8. The van der Waals surface area contributed by atoms with Gasteiger partial charge in [0, 0.05) is 56.7 Å². The van der Waals surface area contributed by atoms with Gasteiger partial charge in [-0.15, -0.1) is 0 Å². The molecule has 0 unspecified atom stereocenters. The van der Waals surface area contributed by atoms with E-state index in [-0.39, 0.29) is 5.56 Å². The molecule has 1 aliphatic rings. The third-order valence-corrected chi connectivity index (χ3v) is 5.11. The molecule has 3 aromatic rings. The molecule has 0 radical (unpaired) electrons. The predicted octanol–water partition coefficient (Wildman–Crippen LogP) is 2.19. The molecule has 1 N–H and O–H groups in total. The summed E-state index contributed by atoms with van der Waals surface area (Å²) >= 11 is 0. The van der Waals surface area contributed by atoms with Crippen molar-refractivity contribution in [1.29, 1.82) is 0 Å². The molecule has 0 saturated carbocycles. The standard InChI is InChI=1S/C19H22N6O2.C2HF3O2/c1-13-10-15(12-24(3)19(13)26)18-21-17(22-27-18)14-4-5-20-16(11-14)25-8-6-23(2)7-9-25;3-2(4,5)1(6)7/h4-5,10-12H,6-9H2,1-3H3;(H,6,7). The van der Waals surface area contributed by atoms with Crippen LogP contribution in [-0.4, -0.2) is 75.1 Å². The van der Waals surface area contributed by atoms with Crippen LogP contribution in [-0.2, 0) is 11.8 Å². The van der Waals surface area contributed by atoms with E-state index in [0.29, 0.717) is 17.3 Å². The van der Waals surface area contributed by atoms with Crippen LogP contribution < -0.4 is 10.5 Å². The normalized spacial score (nSPS) is 14.5. The van der Waals surface area contributed by atoms with Crippen molar-refractivity contribution >= 4 is 11.8 Å². The van der Waals surface area contributed by atoms with Crippen LogP contribution in [0.2, 0.25) is 0 Å². The molecule has 0 amide bonds. The number of nitrogens with zero attached hydrogens (tertiary/aromatic N) is 6. The van der Waals surface area contributed by atoms with Crippen molar-refractivity contribution in [3.8, 4) is 22.8 Å². The zero-order valence-corrected chi connectivity index (χ0v) is 18.7. The number of carbonyl (C=O) groups is 1. The highest BCUT2D eigenvalue weighted by molar-refractivity contribution is 5.73. The number of aryl methyl sites for hydroxylation is 2. The fraction of sp³-hybridized carbons (Fsp3) is 0.381. The highest BCUT2D eigenvalue weighted by Crippen LogP contribution is 2.24. The molecular formula is C21H23F3N6O4. The molecule has 0 aliphatic carbocycles. The highest BCUT2D eigenvalue weighted by Gasteiger charge is 2.38. The van der Waals surface area contributed by atoms with Gasteiger partial charge in [-0.1, -0.05) is 5.16 Å². The molecule has 4 heterocycles. The van der Waals surface area contributed by atoms with Crippen molar-refractivity contribution in [1.82, 2.24) is 24.6 Å². The summed E-state index contributed by atoms with van der Waals surface area (Å²) in [5.74, 6) is -0.937. The van der Waals surface area contributed by atoms with Crippen molar-refractivity contribution in [3.05, 3.63) is 46.5 Å². The summed E-state index contributed by atoms with van der Waals surface area (Å²) < 4.78 is 38.7. The average molecular weight is 480 g/mol. The lowest BCUT2D eigenvalue weighted by molar-refractivity contribution is -0.192. The summed E-state index contributed by atoms with van der Waals surface area (Å²) in [7, 11) is 3.84. The number of piperazine rings is 1. The Morgan fingerprint density at radius 1 is 1.12 bits per heavy atom. The van der Waals surface area contributed by atoms with Crippen LogP contribution in [0, 0.1) is 6.92 Å². The fourth-order valence-corrected chi connectivity index (χ4v) is 3.22. The first-order valence-corrected chi connectivity index (χ1v) is 10.2. The largest absolute Gasteiger partial charge is 0.490 e. The smallest absolute Gasteiger partial charge is 0.475 e. The Kier molecular flexibility index (Phi) is 7.35. The van der Waals surface area contributed by atoms with Crippen LogP contribution in [0.3, 0.4) is 0 Å². The number of carboxylic acids is 1. The lowest BCUT2D eigenvalue weighted by atomic mass is 10.2. The van der Waals surface area contributed by atoms with Gasteiger partial charge in [-0.3, -0.25) is 4.79 Å². The van der Waals surface area contributed by atoms with Crippen LogP contribution in [0.15, 0.2) is 39.9 Å². The maximum atomic E-state index is 11.9. The topological polar surface area (TPSA) is 118 Å². The van der Waals surface area contributed by atoms with E-state index >= 15 is 0 Å². The highest BCUT2D eigenvalue weighted by atomic mass is 19.4. The maximum Gasteiger partial charge on any atom is 0.490 e. The fourth-order valence-electron chi connectivity index (χ4n) is 3.22. The maximum absolute atomic E-state index is 11.9. The van der Waals surface area contributed by atoms with Crippen LogP contribution in [0.1, 0.15) is 5.56 Å². The molecule has 13 heteroatoms. The Morgan fingerprint density at radius 2 is 1.76 bits per heavy atom. The molecule has 1 aliphatic heterocycles. The SMILES string of the molecule is Cc1cc(-c2nc(-c3ccnc(N4CCN(C)CC4)c3)no2)cn(C)c1=O.O=C(O)C(F)(F)F. The van der Waals surface area contributed by atoms with E-state index in [4.69, 9.17) is 14.4 Å². The van der Waals surface area contributed by atoms with Gasteiger partial charge < -0.3 is 24.0 Å². The second-order valence-electron chi connectivity index (χ2n) is 7.75. The zero-order chi connectivity index (χ0) is 25.0. The van der Waals surface area contributed by atoms with Gasteiger partial charge in [0.15, 0.2) is 0 Å². The average Bonchev–Trinajstić information content (AvgIpc) is 3.28. The second-order valence-corrected chi connectivity index (χ2v) is 7.75. The summed E-state index contributed by atoms with van der Waals surface area (Å²) in [6, 6.07) is 5.63. The lowest BCUT2D eigenvalue weighted by Gasteiger charge is -2.33. The van der Waals surface area contributed by atoms with Gasteiger partial charge in [-0.25, -0.2) is 9.78 Å². The van der Waals surface area contributed by atoms with E-state index in [1.165, 1.54) is 4.57 Å². The van der Waals surface area contributed by atoms with E-state index in [2.05, 4.69) is 32.0 Å². The summed E-state index contributed by atoms with van der Waals surface area (Å²) in [4.78, 5) is 34.3. The number of anilines is 1. The minimum atomic E-state index is -5.08. The summed E-state index contributed by atoms with van der Waals surface area (Å²) in [6.45, 7) is 5.70. The first-order valence-electron chi connectivity index (χ1n) is 10.2. The first-order chi connectivity index (χ1) is 16.0. The molecule has 3 aromatic heterocycles. The number of aliphatic carboxylic acids is 1. The quantitative estimate of drug-likeness (QED) is 0.602. The Hall–Kier alpha value is -3.74. The van der Waals surface area contributed by atoms with E-state index in [9.17, 15) is 18.0 Å². The van der Waals surface area contributed by atoms with Crippen molar-refractivity contribution in [2.24, 2.45) is 7.05 Å². The number of rotatable bonds is 3. The van der Waals surface area contributed by atoms with Crippen molar-refractivity contribution in [3.63, 3.8) is 0 Å². The second kappa shape index (κ2) is 10.0. The first kappa shape index (κ1) is 24.9. The van der Waals surface area contributed by atoms with Gasteiger partial charge in [0.05, 0.1) is 5.56 Å². The van der Waals surface area contributed by atoms with E-state index in [1.807, 2.05) is 12.1 Å². The van der Waals surface area contributed by atoms with Gasteiger partial charge >= 0.3 is 12.1 Å². The molecular weight excluding hydrogens is 457 g/mol. The van der Waals surface area contributed by atoms with Crippen molar-refractivity contribution in [2.75, 3.05) is 38.1 Å². The molecule has 182 valence electrons. The molecule has 0 aromatic carbocycles. The van der Waals surface area contributed by atoms with Gasteiger partial charge in [-0.2, -0.15) is 18.2 Å². The molecule has 34 heavy (non-hydrogen) atoms. The molecule has 1 fully saturated rings. The summed E-state index contributed by atoms with van der Waals surface area (Å²) in [6.07, 6.45) is -1.61. The third kappa shape index (κ3) is 5.98. The summed E-state index contributed by atoms with van der Waals surface area (Å²) in [5, 5.41) is 11.2. The molecule has 10 nitrogen and oxygen atoms in total. The number of alkyl halides is 3. The Bertz CT molecular complexity index is 1190. The summed E-state index contributed by atoms with van der Waals surface area (Å²) in [5.41, 5.74) is 2.18. The van der Waals surface area contributed by atoms with Crippen LogP contribution in [0.5, 0.6) is 0 Å². The minimum absolute atomic E-state index is 0.0376. The Balaban J connectivity index is 0.000000406. The monoisotopic (exact) mass is 480 g/mol.